The summed E-state index contributed by atoms with van der Waals surface area (Å²) in [4.78, 5) is 4.22. The predicted molar refractivity (Wildman–Crippen MR) is 74.3 cm³/mol. The van der Waals surface area contributed by atoms with E-state index in [1.165, 1.54) is 25.7 Å². The summed E-state index contributed by atoms with van der Waals surface area (Å²) in [5.41, 5.74) is 7.39. The molecule has 1 aromatic rings. The summed E-state index contributed by atoms with van der Waals surface area (Å²) >= 11 is 0. The molecule has 0 radical (unpaired) electrons. The van der Waals surface area contributed by atoms with Crippen LogP contribution in [0, 0.1) is 30.6 Å². The summed E-state index contributed by atoms with van der Waals surface area (Å²) in [5, 5.41) is 11.3. The van der Waals surface area contributed by atoms with Crippen molar-refractivity contribution in [2.24, 2.45) is 23.7 Å². The topological polar surface area (TPSA) is 59.1 Å². The summed E-state index contributed by atoms with van der Waals surface area (Å²) in [7, 11) is 0. The largest absolute Gasteiger partial charge is 0.385 e. The Hall–Kier alpha value is -1.09. The van der Waals surface area contributed by atoms with Crippen molar-refractivity contribution >= 4 is 5.82 Å². The monoisotopic (exact) mass is 258 g/mol. The zero-order chi connectivity index (χ0) is 13.2. The number of aryl methyl sites for hydroxylation is 1. The van der Waals surface area contributed by atoms with E-state index < -0.39 is 5.60 Å². The number of rotatable bonds is 1. The van der Waals surface area contributed by atoms with Gasteiger partial charge in [0.25, 0.3) is 0 Å². The number of anilines is 1. The van der Waals surface area contributed by atoms with Crippen LogP contribution in [0.1, 0.15) is 43.2 Å². The van der Waals surface area contributed by atoms with Crippen molar-refractivity contribution < 1.29 is 5.11 Å². The smallest absolute Gasteiger partial charge is 0.129 e. The fourth-order valence-corrected chi connectivity index (χ4v) is 5.54. The van der Waals surface area contributed by atoms with E-state index in [9.17, 15) is 5.11 Å². The van der Waals surface area contributed by atoms with Crippen LogP contribution in [0.4, 0.5) is 5.82 Å². The van der Waals surface area contributed by atoms with Crippen LogP contribution < -0.4 is 5.73 Å². The zero-order valence-electron chi connectivity index (χ0n) is 11.5. The average molecular weight is 258 g/mol. The second kappa shape index (κ2) is 3.72. The van der Waals surface area contributed by atoms with Gasteiger partial charge >= 0.3 is 0 Å². The number of nitrogens with zero attached hydrogens (tertiary/aromatic N) is 1. The molecule has 0 amide bonds. The van der Waals surface area contributed by atoms with E-state index in [-0.39, 0.29) is 0 Å². The molecule has 0 aliphatic heterocycles. The van der Waals surface area contributed by atoms with Gasteiger partial charge in [-0.3, -0.25) is 0 Å². The first-order valence-electron chi connectivity index (χ1n) is 7.55. The van der Waals surface area contributed by atoms with E-state index in [1.807, 2.05) is 13.0 Å². The van der Waals surface area contributed by atoms with Crippen LogP contribution in [0.2, 0.25) is 0 Å². The molecular formula is C16H22N2O. The highest BCUT2D eigenvalue weighted by atomic mass is 16.3. The van der Waals surface area contributed by atoms with Gasteiger partial charge < -0.3 is 10.8 Å². The lowest BCUT2D eigenvalue weighted by Crippen LogP contribution is -2.40. The Morgan fingerprint density at radius 2 is 2.16 bits per heavy atom. The molecule has 102 valence electrons. The first-order valence-corrected chi connectivity index (χ1v) is 7.55. The molecule has 0 saturated heterocycles. The highest BCUT2D eigenvalue weighted by Crippen LogP contribution is 2.65. The number of hydrogen-bond donors (Lipinski definition) is 2. The Kier molecular flexibility index (Phi) is 2.29. The molecule has 1 heterocycles. The molecule has 3 nitrogen and oxygen atoms in total. The van der Waals surface area contributed by atoms with Crippen LogP contribution in [0.25, 0.3) is 0 Å². The lowest BCUT2D eigenvalue weighted by atomic mass is 9.69. The molecule has 4 rings (SSSR count). The molecule has 19 heavy (non-hydrogen) atoms. The third-order valence-electron chi connectivity index (χ3n) is 6.11. The van der Waals surface area contributed by atoms with Gasteiger partial charge in [-0.15, -0.1) is 0 Å². The van der Waals surface area contributed by atoms with Crippen molar-refractivity contribution in [2.45, 2.75) is 44.6 Å². The van der Waals surface area contributed by atoms with Gasteiger partial charge in [0.1, 0.15) is 5.82 Å². The molecule has 5 unspecified atom stereocenters. The van der Waals surface area contributed by atoms with E-state index in [2.05, 4.69) is 4.98 Å². The summed E-state index contributed by atoms with van der Waals surface area (Å²) in [6.07, 6.45) is 7.86. The fraction of sp³-hybridized carbons (Fsp3) is 0.688. The van der Waals surface area contributed by atoms with Gasteiger partial charge in [-0.1, -0.05) is 6.42 Å². The Balaban J connectivity index is 1.80. The van der Waals surface area contributed by atoms with Crippen molar-refractivity contribution in [1.29, 1.82) is 0 Å². The third-order valence-corrected chi connectivity index (χ3v) is 6.11. The number of aromatic nitrogens is 1. The minimum atomic E-state index is -0.710. The van der Waals surface area contributed by atoms with Crippen molar-refractivity contribution in [1.82, 2.24) is 4.98 Å². The lowest BCUT2D eigenvalue weighted by molar-refractivity contribution is -0.0512. The van der Waals surface area contributed by atoms with Gasteiger partial charge in [0.2, 0.25) is 0 Å². The van der Waals surface area contributed by atoms with Gasteiger partial charge in [0.15, 0.2) is 0 Å². The summed E-state index contributed by atoms with van der Waals surface area (Å²) in [5.74, 6) is 3.26. The highest BCUT2D eigenvalue weighted by Gasteiger charge is 2.61. The molecule has 0 aromatic carbocycles. The Labute approximate surface area is 114 Å². The Morgan fingerprint density at radius 1 is 1.37 bits per heavy atom. The quantitative estimate of drug-likeness (QED) is 0.814. The van der Waals surface area contributed by atoms with E-state index in [4.69, 9.17) is 5.73 Å². The predicted octanol–water partition coefficient (Wildman–Crippen LogP) is 2.62. The van der Waals surface area contributed by atoms with Crippen LogP contribution >= 0.6 is 0 Å². The summed E-state index contributed by atoms with van der Waals surface area (Å²) in [6.45, 7) is 2.05. The molecular weight excluding hydrogens is 236 g/mol. The van der Waals surface area contributed by atoms with Crippen molar-refractivity contribution in [3.8, 4) is 0 Å². The van der Waals surface area contributed by atoms with Crippen LogP contribution in [0.15, 0.2) is 12.3 Å². The van der Waals surface area contributed by atoms with Crippen LogP contribution in [-0.2, 0) is 5.60 Å². The molecule has 1 aromatic heterocycles. The minimum absolute atomic E-state index is 0.412. The van der Waals surface area contributed by atoms with E-state index in [0.29, 0.717) is 17.7 Å². The molecule has 5 atom stereocenters. The van der Waals surface area contributed by atoms with Crippen molar-refractivity contribution in [2.75, 3.05) is 5.73 Å². The van der Waals surface area contributed by atoms with Crippen LogP contribution in [-0.4, -0.2) is 10.1 Å². The van der Waals surface area contributed by atoms with Gasteiger partial charge in [0.05, 0.1) is 5.60 Å². The number of nitrogens with two attached hydrogens (primary N) is 1. The summed E-state index contributed by atoms with van der Waals surface area (Å²) < 4.78 is 0. The standard InChI is InChI=1S/C16H22N2O/c1-9-5-6-18-15(17)14(9)16(19)8-10-7-13(16)12-4-2-3-11(10)12/h5-6,10-13,19H,2-4,7-8H2,1H3,(H2,17,18). The number of pyridine rings is 1. The molecule has 3 aliphatic rings. The molecule has 3 N–H and O–H groups in total. The molecule has 2 bridgehead atoms. The van der Waals surface area contributed by atoms with Gasteiger partial charge in [-0.2, -0.15) is 0 Å². The SMILES string of the molecule is Cc1ccnc(N)c1C1(O)CC2CC1C1CCCC21. The van der Waals surface area contributed by atoms with E-state index in [0.717, 1.165) is 29.4 Å². The molecule has 3 heteroatoms. The number of nitrogen functional groups attached to an aromatic ring is 1. The van der Waals surface area contributed by atoms with E-state index in [1.54, 1.807) is 6.20 Å². The van der Waals surface area contributed by atoms with Crippen molar-refractivity contribution in [3.63, 3.8) is 0 Å². The number of aliphatic hydroxyl groups is 1. The van der Waals surface area contributed by atoms with Crippen LogP contribution in [0.3, 0.4) is 0 Å². The molecule has 3 aliphatic carbocycles. The molecule has 0 spiro atoms. The molecule has 3 fully saturated rings. The highest BCUT2D eigenvalue weighted by molar-refractivity contribution is 5.49. The van der Waals surface area contributed by atoms with Crippen molar-refractivity contribution in [3.05, 3.63) is 23.4 Å². The maximum Gasteiger partial charge on any atom is 0.129 e. The number of fused-ring (bicyclic) bond motifs is 5. The second-order valence-corrected chi connectivity index (χ2v) is 6.88. The zero-order valence-corrected chi connectivity index (χ0v) is 11.5. The maximum atomic E-state index is 11.3. The first-order chi connectivity index (χ1) is 9.11. The number of hydrogen-bond acceptors (Lipinski definition) is 3. The second-order valence-electron chi connectivity index (χ2n) is 6.88. The summed E-state index contributed by atoms with van der Waals surface area (Å²) in [6, 6.07) is 1.97. The van der Waals surface area contributed by atoms with E-state index >= 15 is 0 Å². The minimum Gasteiger partial charge on any atom is -0.385 e. The van der Waals surface area contributed by atoms with Gasteiger partial charge in [0, 0.05) is 11.8 Å². The lowest BCUT2D eigenvalue weighted by Gasteiger charge is -2.40. The Morgan fingerprint density at radius 3 is 2.95 bits per heavy atom. The third kappa shape index (κ3) is 1.40. The average Bonchev–Trinajstić information content (AvgIpc) is 2.98. The fourth-order valence-electron chi connectivity index (χ4n) is 5.54. The van der Waals surface area contributed by atoms with Crippen LogP contribution in [0.5, 0.6) is 0 Å². The Bertz CT molecular complexity index is 509. The maximum absolute atomic E-state index is 11.3. The first kappa shape index (κ1) is 11.7. The van der Waals surface area contributed by atoms with Gasteiger partial charge in [-0.05, 0) is 67.9 Å². The normalized spacial score (nSPS) is 43.7. The van der Waals surface area contributed by atoms with Gasteiger partial charge in [-0.25, -0.2) is 4.98 Å². The molecule has 3 saturated carbocycles.